The van der Waals surface area contributed by atoms with Crippen molar-refractivity contribution in [2.45, 2.75) is 19.3 Å². The van der Waals surface area contributed by atoms with Crippen LogP contribution in [0.5, 0.6) is 17.2 Å². The third kappa shape index (κ3) is 2.50. The molecule has 0 aromatic heterocycles. The maximum Gasteiger partial charge on any atom is 0.174 e. The highest BCUT2D eigenvalue weighted by molar-refractivity contribution is 6.30. The Morgan fingerprint density at radius 1 is 1.14 bits per heavy atom. The predicted octanol–water partition coefficient (Wildman–Crippen LogP) is 3.75. The molecule has 0 amide bonds. The molecule has 1 aliphatic rings. The number of rotatable bonds is 3. The molecule has 0 bridgehead atoms. The first kappa shape index (κ1) is 14.7. The Hall–Kier alpha value is -2.20. The van der Waals surface area contributed by atoms with E-state index in [9.17, 15) is 20.1 Å². The van der Waals surface area contributed by atoms with E-state index >= 15 is 0 Å². The number of Topliss-reactive ketones (excluding diaryl/α,β-unsaturated/α-hetero) is 1. The summed E-state index contributed by atoms with van der Waals surface area (Å²) in [6.07, 6.45) is 0.668. The number of aromatic hydroxyl groups is 3. The van der Waals surface area contributed by atoms with Gasteiger partial charge in [0.25, 0.3) is 0 Å². The van der Waals surface area contributed by atoms with E-state index in [1.807, 2.05) is 19.1 Å². The van der Waals surface area contributed by atoms with Crippen molar-refractivity contribution in [2.75, 3.05) is 0 Å². The highest BCUT2D eigenvalue weighted by atomic mass is 35.5. The SMILES string of the molecule is Cc1cc(Cl)ccc1C1CC1C(=O)c1c(O)cc(O)cc1O. The summed E-state index contributed by atoms with van der Waals surface area (Å²) in [6.45, 7) is 1.94. The molecule has 2 aromatic rings. The largest absolute Gasteiger partial charge is 0.508 e. The van der Waals surface area contributed by atoms with Gasteiger partial charge in [-0.1, -0.05) is 17.7 Å². The Morgan fingerprint density at radius 2 is 1.77 bits per heavy atom. The summed E-state index contributed by atoms with van der Waals surface area (Å²) in [6, 6.07) is 7.66. The van der Waals surface area contributed by atoms with Crippen molar-refractivity contribution in [1.29, 1.82) is 0 Å². The van der Waals surface area contributed by atoms with Gasteiger partial charge in [-0.15, -0.1) is 0 Å². The number of ketones is 1. The number of phenolic OH excluding ortho intramolecular Hbond substituents is 3. The lowest BCUT2D eigenvalue weighted by atomic mass is 9.98. The first-order valence-corrected chi connectivity index (χ1v) is 7.31. The van der Waals surface area contributed by atoms with Gasteiger partial charge < -0.3 is 15.3 Å². The zero-order valence-corrected chi connectivity index (χ0v) is 12.6. The molecule has 3 rings (SSSR count). The van der Waals surface area contributed by atoms with E-state index in [4.69, 9.17) is 11.6 Å². The van der Waals surface area contributed by atoms with Crippen molar-refractivity contribution < 1.29 is 20.1 Å². The lowest BCUT2D eigenvalue weighted by molar-refractivity contribution is 0.0960. The Labute approximate surface area is 132 Å². The molecule has 0 radical (unpaired) electrons. The lowest BCUT2D eigenvalue weighted by Gasteiger charge is -2.08. The maximum atomic E-state index is 12.5. The molecule has 2 aromatic carbocycles. The Morgan fingerprint density at radius 3 is 2.36 bits per heavy atom. The summed E-state index contributed by atoms with van der Waals surface area (Å²) < 4.78 is 0. The van der Waals surface area contributed by atoms with Gasteiger partial charge in [0.2, 0.25) is 0 Å². The Kier molecular flexibility index (Phi) is 3.49. The second kappa shape index (κ2) is 5.21. The van der Waals surface area contributed by atoms with E-state index < -0.39 is 11.5 Å². The van der Waals surface area contributed by atoms with Crippen molar-refractivity contribution in [3.8, 4) is 17.2 Å². The van der Waals surface area contributed by atoms with Crippen LogP contribution in [0.25, 0.3) is 0 Å². The summed E-state index contributed by atoms with van der Waals surface area (Å²) >= 11 is 5.94. The van der Waals surface area contributed by atoms with Crippen molar-refractivity contribution in [1.82, 2.24) is 0 Å². The summed E-state index contributed by atoms with van der Waals surface area (Å²) in [4.78, 5) is 12.5. The van der Waals surface area contributed by atoms with E-state index in [1.165, 1.54) is 0 Å². The molecule has 0 saturated heterocycles. The van der Waals surface area contributed by atoms with Gasteiger partial charge in [-0.3, -0.25) is 4.79 Å². The van der Waals surface area contributed by atoms with Gasteiger partial charge in [-0.25, -0.2) is 0 Å². The van der Waals surface area contributed by atoms with Crippen LogP contribution < -0.4 is 0 Å². The second-order valence-electron chi connectivity index (χ2n) is 5.67. The minimum Gasteiger partial charge on any atom is -0.508 e. The highest BCUT2D eigenvalue weighted by Crippen LogP contribution is 2.52. The number of carbonyl (C=O) groups excluding carboxylic acids is 1. The van der Waals surface area contributed by atoms with Crippen LogP contribution in [0.3, 0.4) is 0 Å². The number of hydrogen-bond acceptors (Lipinski definition) is 4. The quantitative estimate of drug-likeness (QED) is 0.753. The number of carbonyl (C=O) groups is 1. The summed E-state index contributed by atoms with van der Waals surface area (Å²) in [5.74, 6) is -1.61. The van der Waals surface area contributed by atoms with E-state index in [-0.39, 0.29) is 28.9 Å². The Balaban J connectivity index is 1.87. The van der Waals surface area contributed by atoms with Crippen molar-refractivity contribution in [2.24, 2.45) is 5.92 Å². The maximum absolute atomic E-state index is 12.5. The third-order valence-corrected chi connectivity index (χ3v) is 4.32. The fourth-order valence-corrected chi connectivity index (χ4v) is 3.15. The number of benzene rings is 2. The average molecular weight is 319 g/mol. The van der Waals surface area contributed by atoms with Crippen LogP contribution in [0.1, 0.15) is 33.8 Å². The van der Waals surface area contributed by atoms with Crippen LogP contribution in [-0.2, 0) is 0 Å². The molecule has 22 heavy (non-hydrogen) atoms. The normalized spacial score (nSPS) is 19.9. The zero-order valence-electron chi connectivity index (χ0n) is 11.9. The summed E-state index contributed by atoms with van der Waals surface area (Å²) in [7, 11) is 0. The van der Waals surface area contributed by atoms with Gasteiger partial charge in [0, 0.05) is 23.1 Å². The first-order chi connectivity index (χ1) is 10.4. The molecule has 2 unspecified atom stereocenters. The van der Waals surface area contributed by atoms with Gasteiger partial charge in [0.1, 0.15) is 22.8 Å². The van der Waals surface area contributed by atoms with Crippen LogP contribution >= 0.6 is 11.6 Å². The molecule has 114 valence electrons. The minimum atomic E-state index is -0.402. The minimum absolute atomic E-state index is 0.0670. The van der Waals surface area contributed by atoms with E-state index in [2.05, 4.69) is 0 Å². The molecule has 1 aliphatic carbocycles. The molecular formula is C17H15ClO4. The zero-order chi connectivity index (χ0) is 16.0. The average Bonchev–Trinajstić information content (AvgIpc) is 3.17. The lowest BCUT2D eigenvalue weighted by Crippen LogP contribution is -2.04. The Bertz CT molecular complexity index is 746. The smallest absolute Gasteiger partial charge is 0.174 e. The van der Waals surface area contributed by atoms with Crippen LogP contribution in [0, 0.1) is 12.8 Å². The third-order valence-electron chi connectivity index (χ3n) is 4.09. The standard InChI is InChI=1S/C17H15ClO4/c1-8-4-9(18)2-3-11(8)12-7-13(12)17(22)16-14(20)5-10(19)6-15(16)21/h2-6,12-13,19-21H,7H2,1H3. The van der Waals surface area contributed by atoms with Gasteiger partial charge in [-0.2, -0.15) is 0 Å². The number of phenols is 3. The van der Waals surface area contributed by atoms with E-state index in [0.717, 1.165) is 23.3 Å². The fraction of sp³-hybridized carbons (Fsp3) is 0.235. The van der Waals surface area contributed by atoms with Gasteiger partial charge in [-0.05, 0) is 42.5 Å². The van der Waals surface area contributed by atoms with Gasteiger partial charge in [0.15, 0.2) is 5.78 Å². The molecule has 3 N–H and O–H groups in total. The number of hydrogen-bond donors (Lipinski definition) is 3. The topological polar surface area (TPSA) is 77.8 Å². The monoisotopic (exact) mass is 318 g/mol. The van der Waals surface area contributed by atoms with Crippen LogP contribution in [0.2, 0.25) is 5.02 Å². The van der Waals surface area contributed by atoms with Crippen molar-refractivity contribution in [3.05, 3.63) is 52.0 Å². The number of halogens is 1. The van der Waals surface area contributed by atoms with E-state index in [0.29, 0.717) is 11.4 Å². The molecule has 4 nitrogen and oxygen atoms in total. The second-order valence-corrected chi connectivity index (χ2v) is 6.11. The van der Waals surface area contributed by atoms with Crippen LogP contribution in [0.15, 0.2) is 30.3 Å². The summed E-state index contributed by atoms with van der Waals surface area (Å²) in [5, 5.41) is 29.6. The molecule has 0 spiro atoms. The molecule has 1 saturated carbocycles. The molecular weight excluding hydrogens is 304 g/mol. The van der Waals surface area contributed by atoms with Crippen LogP contribution in [-0.4, -0.2) is 21.1 Å². The first-order valence-electron chi connectivity index (χ1n) is 6.93. The van der Waals surface area contributed by atoms with Crippen molar-refractivity contribution >= 4 is 17.4 Å². The molecule has 0 heterocycles. The number of aryl methyl sites for hydroxylation is 1. The van der Waals surface area contributed by atoms with E-state index in [1.54, 1.807) is 6.07 Å². The predicted molar refractivity (Wildman–Crippen MR) is 82.8 cm³/mol. The summed E-state index contributed by atoms with van der Waals surface area (Å²) in [5.41, 5.74) is 1.95. The highest BCUT2D eigenvalue weighted by Gasteiger charge is 2.46. The van der Waals surface area contributed by atoms with Gasteiger partial charge >= 0.3 is 0 Å². The fourth-order valence-electron chi connectivity index (χ4n) is 2.92. The molecule has 1 fully saturated rings. The van der Waals surface area contributed by atoms with Crippen molar-refractivity contribution in [3.63, 3.8) is 0 Å². The van der Waals surface area contributed by atoms with Crippen LogP contribution in [0.4, 0.5) is 0 Å². The molecule has 2 atom stereocenters. The molecule has 0 aliphatic heterocycles. The molecule has 5 heteroatoms. The van der Waals surface area contributed by atoms with Gasteiger partial charge in [0.05, 0.1) is 0 Å².